The van der Waals surface area contributed by atoms with Gasteiger partial charge in [-0.25, -0.2) is 5.43 Å². The molecule has 0 fully saturated rings. The Kier molecular flexibility index (Phi) is 5.89. The molecule has 0 saturated heterocycles. The largest absolute Gasteiger partial charge is 0.459 e. The van der Waals surface area contributed by atoms with E-state index in [9.17, 15) is 14.9 Å². The highest BCUT2D eigenvalue weighted by molar-refractivity contribution is 7.99. The minimum Gasteiger partial charge on any atom is -0.459 e. The van der Waals surface area contributed by atoms with Gasteiger partial charge in [-0.3, -0.25) is 14.9 Å². The van der Waals surface area contributed by atoms with Crippen molar-refractivity contribution in [3.63, 3.8) is 0 Å². The maximum Gasteiger partial charge on any atom is 0.307 e. The molecule has 1 amide bonds. The highest BCUT2D eigenvalue weighted by Gasteiger charge is 2.14. The maximum absolute atomic E-state index is 11.6. The molecular weight excluding hydrogens is 322 g/mol. The Morgan fingerprint density at radius 2 is 2.30 bits per heavy atom. The van der Waals surface area contributed by atoms with E-state index in [1.54, 1.807) is 18.2 Å². The summed E-state index contributed by atoms with van der Waals surface area (Å²) < 4.78 is 4.90. The molecule has 23 heavy (non-hydrogen) atoms. The van der Waals surface area contributed by atoms with Crippen molar-refractivity contribution < 1.29 is 19.2 Å². The molecule has 120 valence electrons. The Hall–Kier alpha value is -2.65. The second kappa shape index (κ2) is 8.11. The Morgan fingerprint density at radius 1 is 1.48 bits per heavy atom. The van der Waals surface area contributed by atoms with Gasteiger partial charge in [0.05, 0.1) is 28.9 Å². The van der Waals surface area contributed by atoms with Crippen LogP contribution in [0.15, 0.2) is 51.0 Å². The Labute approximate surface area is 135 Å². The topological polar surface area (TPSA) is 118 Å². The molecule has 0 bridgehead atoms. The van der Waals surface area contributed by atoms with Crippen LogP contribution in [0.25, 0.3) is 0 Å². The van der Waals surface area contributed by atoms with Crippen LogP contribution in [0.3, 0.4) is 0 Å². The molecule has 2 N–H and O–H groups in total. The van der Waals surface area contributed by atoms with Gasteiger partial charge >= 0.3 is 5.91 Å². The molecule has 0 spiro atoms. The summed E-state index contributed by atoms with van der Waals surface area (Å²) >= 11 is 1.19. The molecule has 0 aliphatic carbocycles. The second-order valence-corrected chi connectivity index (χ2v) is 5.37. The number of aliphatic hydroxyl groups excluding tert-OH is 1. The van der Waals surface area contributed by atoms with Crippen LogP contribution in [-0.2, 0) is 0 Å². The lowest BCUT2D eigenvalue weighted by Crippen LogP contribution is -2.16. The molecular formula is C14H13N3O5S. The number of rotatable bonds is 7. The average molecular weight is 335 g/mol. The van der Waals surface area contributed by atoms with Gasteiger partial charge in [0, 0.05) is 17.4 Å². The van der Waals surface area contributed by atoms with Crippen molar-refractivity contribution in [3.05, 3.63) is 58.0 Å². The molecule has 9 heteroatoms. The van der Waals surface area contributed by atoms with E-state index in [4.69, 9.17) is 9.52 Å². The first-order valence-corrected chi connectivity index (χ1v) is 7.49. The Bertz CT molecular complexity index is 715. The zero-order chi connectivity index (χ0) is 16.7. The molecule has 2 aromatic rings. The fourth-order valence-corrected chi connectivity index (χ4v) is 2.42. The zero-order valence-corrected chi connectivity index (χ0v) is 12.7. The number of nitro benzene ring substituents is 1. The lowest BCUT2D eigenvalue weighted by atomic mass is 10.2. The first-order valence-electron chi connectivity index (χ1n) is 6.51. The van der Waals surface area contributed by atoms with Crippen LogP contribution < -0.4 is 5.43 Å². The molecule has 8 nitrogen and oxygen atoms in total. The van der Waals surface area contributed by atoms with Crippen LogP contribution in [-0.4, -0.2) is 34.5 Å². The maximum atomic E-state index is 11.6. The first-order chi connectivity index (χ1) is 11.1. The highest BCUT2D eigenvalue weighted by Crippen LogP contribution is 2.29. The van der Waals surface area contributed by atoms with Crippen LogP contribution in [0.2, 0.25) is 0 Å². The molecule has 1 aromatic carbocycles. The van der Waals surface area contributed by atoms with E-state index in [1.165, 1.54) is 36.4 Å². The van der Waals surface area contributed by atoms with Gasteiger partial charge < -0.3 is 9.52 Å². The fraction of sp³-hybridized carbons (Fsp3) is 0.143. The molecule has 0 unspecified atom stereocenters. The minimum atomic E-state index is -0.518. The van der Waals surface area contributed by atoms with E-state index < -0.39 is 10.8 Å². The number of thioether (sulfide) groups is 1. The number of nitrogens with one attached hydrogen (secondary N) is 1. The number of hydrogen-bond donors (Lipinski definition) is 2. The van der Waals surface area contributed by atoms with Crippen LogP contribution in [0.5, 0.6) is 0 Å². The molecule has 0 saturated carbocycles. The number of furan rings is 1. The number of hydrazone groups is 1. The second-order valence-electron chi connectivity index (χ2n) is 4.23. The van der Waals surface area contributed by atoms with Gasteiger partial charge in [0.15, 0.2) is 5.76 Å². The smallest absolute Gasteiger partial charge is 0.307 e. The van der Waals surface area contributed by atoms with Crippen molar-refractivity contribution >= 4 is 29.6 Å². The summed E-state index contributed by atoms with van der Waals surface area (Å²) in [6.45, 7) is -0.0656. The Balaban J connectivity index is 2.07. The van der Waals surface area contributed by atoms with E-state index in [0.29, 0.717) is 16.2 Å². The third-order valence-corrected chi connectivity index (χ3v) is 3.70. The molecule has 2 rings (SSSR count). The van der Waals surface area contributed by atoms with Crippen molar-refractivity contribution in [2.75, 3.05) is 12.4 Å². The Morgan fingerprint density at radius 3 is 2.96 bits per heavy atom. The summed E-state index contributed by atoms with van der Waals surface area (Å²) in [6.07, 6.45) is 2.67. The summed E-state index contributed by atoms with van der Waals surface area (Å²) in [5.41, 5.74) is 2.64. The summed E-state index contributed by atoms with van der Waals surface area (Å²) in [6, 6.07) is 7.62. The third-order valence-electron chi connectivity index (χ3n) is 2.65. The van der Waals surface area contributed by atoms with Gasteiger partial charge in [0.1, 0.15) is 0 Å². The number of amides is 1. The van der Waals surface area contributed by atoms with Crippen molar-refractivity contribution in [3.8, 4) is 0 Å². The fourth-order valence-electron chi connectivity index (χ4n) is 1.66. The number of benzene rings is 1. The molecule has 0 aliphatic rings. The molecule has 1 heterocycles. The SMILES string of the molecule is O=C(N/N=C\c1ccc(SCCO)c([N+](=O)[O-])c1)c1ccco1. The first kappa shape index (κ1) is 16.7. The van der Waals surface area contributed by atoms with Crippen molar-refractivity contribution in [1.29, 1.82) is 0 Å². The lowest BCUT2D eigenvalue weighted by Gasteiger charge is -2.02. The molecule has 0 radical (unpaired) electrons. The van der Waals surface area contributed by atoms with E-state index >= 15 is 0 Å². The lowest BCUT2D eigenvalue weighted by molar-refractivity contribution is -0.387. The van der Waals surface area contributed by atoms with Crippen molar-refractivity contribution in [2.24, 2.45) is 5.10 Å². The van der Waals surface area contributed by atoms with Crippen molar-refractivity contribution in [1.82, 2.24) is 5.43 Å². The van der Waals surface area contributed by atoms with E-state index in [0.717, 1.165) is 0 Å². The highest BCUT2D eigenvalue weighted by atomic mass is 32.2. The van der Waals surface area contributed by atoms with E-state index in [2.05, 4.69) is 10.5 Å². The van der Waals surface area contributed by atoms with Crippen LogP contribution >= 0.6 is 11.8 Å². The predicted molar refractivity (Wildman–Crippen MR) is 84.7 cm³/mol. The number of aliphatic hydroxyl groups is 1. The summed E-state index contributed by atoms with van der Waals surface area (Å²) in [4.78, 5) is 22.6. The quantitative estimate of drug-likeness (QED) is 0.346. The minimum absolute atomic E-state index is 0.0656. The van der Waals surface area contributed by atoms with Crippen LogP contribution in [0.1, 0.15) is 16.1 Å². The number of carbonyl (C=O) groups excluding carboxylic acids is 1. The summed E-state index contributed by atoms with van der Waals surface area (Å²) in [5, 5.41) is 23.6. The standard InChI is InChI=1S/C14H13N3O5S/c18-5-7-23-13-4-3-10(8-11(13)17(20)21)9-15-16-14(19)12-2-1-6-22-12/h1-4,6,8-9,18H,5,7H2,(H,16,19)/b15-9-. The van der Waals surface area contributed by atoms with Crippen LogP contribution in [0.4, 0.5) is 5.69 Å². The van der Waals surface area contributed by atoms with Gasteiger partial charge in [0.25, 0.3) is 5.69 Å². The average Bonchev–Trinajstić information content (AvgIpc) is 3.07. The summed E-state index contributed by atoms with van der Waals surface area (Å²) in [5.74, 6) is -0.0345. The number of hydrogen-bond acceptors (Lipinski definition) is 7. The zero-order valence-electron chi connectivity index (χ0n) is 11.8. The number of nitro groups is 1. The summed E-state index contributed by atoms with van der Waals surface area (Å²) in [7, 11) is 0. The molecule has 0 atom stereocenters. The van der Waals surface area contributed by atoms with Gasteiger partial charge in [-0.05, 0) is 18.2 Å². The van der Waals surface area contributed by atoms with Crippen molar-refractivity contribution in [2.45, 2.75) is 4.90 Å². The normalized spacial score (nSPS) is 10.8. The van der Waals surface area contributed by atoms with E-state index in [1.807, 2.05) is 0 Å². The number of carbonyl (C=O) groups is 1. The van der Waals surface area contributed by atoms with Crippen LogP contribution in [0, 0.1) is 10.1 Å². The van der Waals surface area contributed by atoms with Gasteiger partial charge in [-0.15, -0.1) is 11.8 Å². The predicted octanol–water partition coefficient (Wildman–Crippen LogP) is 2.04. The monoisotopic (exact) mass is 335 g/mol. The molecule has 1 aromatic heterocycles. The van der Waals surface area contributed by atoms with Gasteiger partial charge in [0.2, 0.25) is 0 Å². The third kappa shape index (κ3) is 4.66. The van der Waals surface area contributed by atoms with Gasteiger partial charge in [-0.1, -0.05) is 6.07 Å². The molecule has 0 aliphatic heterocycles. The number of nitrogens with zero attached hydrogens (tertiary/aromatic N) is 2. The van der Waals surface area contributed by atoms with Gasteiger partial charge in [-0.2, -0.15) is 5.10 Å². The van der Waals surface area contributed by atoms with E-state index in [-0.39, 0.29) is 18.1 Å².